The van der Waals surface area contributed by atoms with E-state index in [4.69, 9.17) is 16.3 Å². The van der Waals surface area contributed by atoms with E-state index < -0.39 is 28.2 Å². The fourth-order valence-electron chi connectivity index (χ4n) is 5.29. The minimum atomic E-state index is -3.87. The van der Waals surface area contributed by atoms with Crippen LogP contribution in [0.4, 0.5) is 10.5 Å². The van der Waals surface area contributed by atoms with Crippen molar-refractivity contribution in [1.82, 2.24) is 14.5 Å². The van der Waals surface area contributed by atoms with E-state index in [1.54, 1.807) is 30.0 Å². The second kappa shape index (κ2) is 13.4. The first-order valence-corrected chi connectivity index (χ1v) is 15.8. The molecule has 1 saturated carbocycles. The zero-order chi connectivity index (χ0) is 29.7. The van der Waals surface area contributed by atoms with Crippen molar-refractivity contribution in [2.75, 3.05) is 32.1 Å². The van der Waals surface area contributed by atoms with E-state index in [1.807, 2.05) is 6.92 Å². The summed E-state index contributed by atoms with van der Waals surface area (Å²) in [5.41, 5.74) is 0.531. The number of carbonyl (C=O) groups is 2. The Labute approximate surface area is 247 Å². The number of amides is 3. The van der Waals surface area contributed by atoms with Gasteiger partial charge in [-0.25, -0.2) is 13.2 Å². The Morgan fingerprint density at radius 3 is 2.51 bits per heavy atom. The molecule has 0 saturated heterocycles. The van der Waals surface area contributed by atoms with Gasteiger partial charge in [-0.05, 0) is 56.2 Å². The predicted octanol–water partition coefficient (Wildman–Crippen LogP) is 4.34. The van der Waals surface area contributed by atoms with Gasteiger partial charge < -0.3 is 25.4 Å². The largest absolute Gasteiger partial charge is 0.486 e. The highest BCUT2D eigenvalue weighted by Gasteiger charge is 2.36. The van der Waals surface area contributed by atoms with Crippen molar-refractivity contribution < 1.29 is 27.9 Å². The highest BCUT2D eigenvalue weighted by Crippen LogP contribution is 2.35. The highest BCUT2D eigenvalue weighted by molar-refractivity contribution is 7.89. The fraction of sp³-hybridized carbons (Fsp3) is 0.517. The van der Waals surface area contributed by atoms with Crippen LogP contribution in [-0.4, -0.2) is 79.6 Å². The molecule has 1 fully saturated rings. The number of halogens is 1. The lowest BCUT2D eigenvalue weighted by Gasteiger charge is -2.38. The van der Waals surface area contributed by atoms with E-state index in [0.29, 0.717) is 10.7 Å². The second-order valence-electron chi connectivity index (χ2n) is 11.0. The van der Waals surface area contributed by atoms with Crippen LogP contribution in [0.5, 0.6) is 5.75 Å². The average Bonchev–Trinajstić information content (AvgIpc) is 2.95. The van der Waals surface area contributed by atoms with E-state index in [1.165, 1.54) is 35.6 Å². The van der Waals surface area contributed by atoms with Crippen LogP contribution in [-0.2, 0) is 10.0 Å². The summed E-state index contributed by atoms with van der Waals surface area (Å²) in [6, 6.07) is 10.1. The average molecular weight is 607 g/mol. The number of fused-ring (bicyclic) bond motifs is 1. The molecule has 3 amide bonds. The molecular formula is C29H39ClN4O6S. The minimum absolute atomic E-state index is 0.0241. The number of sulfonamides is 1. The van der Waals surface area contributed by atoms with Gasteiger partial charge in [-0.15, -0.1) is 0 Å². The molecule has 2 aromatic carbocycles. The molecular weight excluding hydrogens is 568 g/mol. The van der Waals surface area contributed by atoms with Crippen LogP contribution in [0.3, 0.4) is 0 Å². The van der Waals surface area contributed by atoms with E-state index in [-0.39, 0.29) is 53.8 Å². The van der Waals surface area contributed by atoms with Gasteiger partial charge in [0.15, 0.2) is 5.75 Å². The molecule has 1 aliphatic carbocycles. The highest BCUT2D eigenvalue weighted by atomic mass is 35.5. The first-order valence-electron chi connectivity index (χ1n) is 14.0. The summed E-state index contributed by atoms with van der Waals surface area (Å²) in [7, 11) is -2.40. The molecule has 0 radical (unpaired) electrons. The zero-order valence-corrected chi connectivity index (χ0v) is 25.2. The molecule has 2 aliphatic rings. The maximum atomic E-state index is 13.7. The summed E-state index contributed by atoms with van der Waals surface area (Å²) in [6.45, 7) is 3.59. The molecule has 224 valence electrons. The van der Waals surface area contributed by atoms with Crippen LogP contribution >= 0.6 is 11.6 Å². The van der Waals surface area contributed by atoms with Crippen LogP contribution in [0.1, 0.15) is 56.3 Å². The lowest BCUT2D eigenvalue weighted by Crippen LogP contribution is -2.50. The number of urea groups is 1. The number of rotatable bonds is 8. The molecule has 1 heterocycles. The molecule has 3 atom stereocenters. The molecule has 0 spiro atoms. The van der Waals surface area contributed by atoms with Gasteiger partial charge in [0, 0.05) is 30.6 Å². The molecule has 0 unspecified atom stereocenters. The molecule has 12 heteroatoms. The maximum Gasteiger partial charge on any atom is 0.319 e. The number of hydrogen-bond donors (Lipinski definition) is 3. The minimum Gasteiger partial charge on any atom is -0.486 e. The predicted molar refractivity (Wildman–Crippen MR) is 158 cm³/mol. The summed E-state index contributed by atoms with van der Waals surface area (Å²) >= 11 is 5.95. The van der Waals surface area contributed by atoms with Gasteiger partial charge in [0.2, 0.25) is 10.0 Å². The lowest BCUT2D eigenvalue weighted by molar-refractivity contribution is 0.0389. The molecule has 0 bridgehead atoms. The van der Waals surface area contributed by atoms with Crippen molar-refractivity contribution in [2.24, 2.45) is 5.92 Å². The van der Waals surface area contributed by atoms with E-state index in [9.17, 15) is 23.1 Å². The first kappa shape index (κ1) is 31.1. The van der Waals surface area contributed by atoms with Crippen LogP contribution in [0, 0.1) is 5.92 Å². The quantitative estimate of drug-likeness (QED) is 0.410. The van der Waals surface area contributed by atoms with Gasteiger partial charge in [0.05, 0.1) is 35.3 Å². The number of likely N-dealkylation sites (N-methyl/N-ethyl adjacent to an activating group) is 1. The van der Waals surface area contributed by atoms with E-state index >= 15 is 0 Å². The zero-order valence-electron chi connectivity index (χ0n) is 23.7. The molecule has 41 heavy (non-hydrogen) atoms. The smallest absolute Gasteiger partial charge is 0.319 e. The van der Waals surface area contributed by atoms with Crippen molar-refractivity contribution in [2.45, 2.75) is 69.0 Å². The topological polar surface area (TPSA) is 128 Å². The number of benzene rings is 2. The summed E-state index contributed by atoms with van der Waals surface area (Å²) in [5, 5.41) is 16.2. The number of aliphatic hydroxyl groups excluding tert-OH is 1. The second-order valence-corrected chi connectivity index (χ2v) is 13.5. The first-order chi connectivity index (χ1) is 19.5. The third-order valence-electron chi connectivity index (χ3n) is 7.84. The van der Waals surface area contributed by atoms with Gasteiger partial charge in [0.1, 0.15) is 6.10 Å². The van der Waals surface area contributed by atoms with Crippen molar-refractivity contribution >= 4 is 39.2 Å². The van der Waals surface area contributed by atoms with Gasteiger partial charge in [-0.1, -0.05) is 43.9 Å². The monoisotopic (exact) mass is 606 g/mol. The summed E-state index contributed by atoms with van der Waals surface area (Å²) < 4.78 is 34.4. The molecule has 2 aromatic rings. The molecule has 1 aliphatic heterocycles. The molecule has 4 rings (SSSR count). The number of nitrogens with one attached hydrogen (secondary N) is 2. The van der Waals surface area contributed by atoms with Crippen LogP contribution in [0.25, 0.3) is 0 Å². The van der Waals surface area contributed by atoms with Crippen molar-refractivity contribution in [3.05, 3.63) is 53.1 Å². The van der Waals surface area contributed by atoms with Gasteiger partial charge in [0.25, 0.3) is 5.91 Å². The van der Waals surface area contributed by atoms with Crippen LogP contribution in [0.2, 0.25) is 5.02 Å². The Kier molecular flexibility index (Phi) is 10.2. The van der Waals surface area contributed by atoms with Gasteiger partial charge in [-0.3, -0.25) is 4.79 Å². The Balaban J connectivity index is 1.65. The number of hydrogen-bond acceptors (Lipinski definition) is 6. The summed E-state index contributed by atoms with van der Waals surface area (Å²) in [6.07, 6.45) is 4.43. The Bertz CT molecular complexity index is 1330. The number of carbonyl (C=O) groups excluding carboxylic acids is 2. The number of nitrogens with zero attached hydrogens (tertiary/aromatic N) is 2. The fourth-order valence-corrected chi connectivity index (χ4v) is 6.60. The summed E-state index contributed by atoms with van der Waals surface area (Å²) in [5.74, 6) is -0.501. The van der Waals surface area contributed by atoms with Crippen LogP contribution < -0.4 is 15.4 Å². The third-order valence-corrected chi connectivity index (χ3v) is 9.93. The van der Waals surface area contributed by atoms with Crippen molar-refractivity contribution in [1.29, 1.82) is 0 Å². The van der Waals surface area contributed by atoms with Gasteiger partial charge >= 0.3 is 6.03 Å². The maximum absolute atomic E-state index is 13.7. The Morgan fingerprint density at radius 1 is 1.17 bits per heavy atom. The van der Waals surface area contributed by atoms with E-state index in [2.05, 4.69) is 10.6 Å². The van der Waals surface area contributed by atoms with Crippen LogP contribution in [0.15, 0.2) is 47.4 Å². The number of aliphatic hydroxyl groups is 1. The Morgan fingerprint density at radius 2 is 1.85 bits per heavy atom. The summed E-state index contributed by atoms with van der Waals surface area (Å²) in [4.78, 5) is 28.3. The third kappa shape index (κ3) is 7.32. The van der Waals surface area contributed by atoms with Crippen molar-refractivity contribution in [3.63, 3.8) is 0 Å². The Hall–Kier alpha value is -2.86. The number of anilines is 1. The molecule has 0 aromatic heterocycles. The normalized spacial score (nSPS) is 20.9. The molecule has 3 N–H and O–H groups in total. The molecule has 10 nitrogen and oxygen atoms in total. The van der Waals surface area contributed by atoms with E-state index in [0.717, 1.165) is 32.1 Å². The van der Waals surface area contributed by atoms with Gasteiger partial charge in [-0.2, -0.15) is 4.31 Å². The van der Waals surface area contributed by atoms with Crippen molar-refractivity contribution in [3.8, 4) is 5.75 Å². The SMILES string of the molecule is C[C@@H]1CN([C@H](C)CO)C(=O)c2cccc(NC(=O)NC3CCCCC3)c2O[C@@H]1CN(C)S(=O)(=O)c1ccc(Cl)cc1. The number of ether oxygens (including phenoxy) is 1. The number of para-hydroxylation sites is 1. The lowest BCUT2D eigenvalue weighted by atomic mass is 9.96. The standard InChI is InChI=1S/C29H39ClN4O6S/c1-19-16-34(20(2)18-35)28(36)24-10-7-11-25(32-29(37)31-22-8-5-4-6-9-22)27(24)40-26(19)17-33(3)41(38,39)23-14-12-21(30)13-15-23/h7,10-15,19-20,22,26,35H,4-6,8-9,16-18H2,1-3H3,(H2,31,32,37)/t19-,20-,26-/m1/s1.